The van der Waals surface area contributed by atoms with E-state index >= 15 is 0 Å². The van der Waals surface area contributed by atoms with Crippen molar-refractivity contribution in [2.24, 2.45) is 0 Å². The Bertz CT molecular complexity index is 1130. The average Bonchev–Trinajstić information content (AvgIpc) is 3.07. The molecule has 1 aliphatic rings. The van der Waals surface area contributed by atoms with E-state index in [-0.39, 0.29) is 23.5 Å². The summed E-state index contributed by atoms with van der Waals surface area (Å²) in [7, 11) is -3.31. The van der Waals surface area contributed by atoms with Crippen LogP contribution in [-0.4, -0.2) is 44.6 Å². The number of furan rings is 1. The van der Waals surface area contributed by atoms with Gasteiger partial charge in [0.25, 0.3) is 5.91 Å². The standard InChI is InChI=1S/C23H26N2O4S/c1-30(27,28)16-20-19-9-5-6-10-21(19)29-22(20)23(26)24-18-11-13-25(14-12-18)15-17-7-3-2-4-8-17/h2-10,18H,11-16H2,1H3,(H,24,26). The van der Waals surface area contributed by atoms with Crippen molar-refractivity contribution in [3.05, 3.63) is 71.5 Å². The molecule has 7 heteroatoms. The van der Waals surface area contributed by atoms with E-state index in [4.69, 9.17) is 4.42 Å². The third-order valence-corrected chi connectivity index (χ3v) is 6.30. The maximum absolute atomic E-state index is 12.9. The molecule has 2 aromatic carbocycles. The Kier molecular flexibility index (Phi) is 5.92. The number of para-hydroxylation sites is 1. The Labute approximate surface area is 176 Å². The number of hydrogen-bond acceptors (Lipinski definition) is 5. The predicted molar refractivity (Wildman–Crippen MR) is 117 cm³/mol. The van der Waals surface area contributed by atoms with E-state index < -0.39 is 9.84 Å². The number of amides is 1. The van der Waals surface area contributed by atoms with E-state index in [0.717, 1.165) is 32.5 Å². The monoisotopic (exact) mass is 426 g/mol. The van der Waals surface area contributed by atoms with Crippen molar-refractivity contribution < 1.29 is 17.6 Å². The summed E-state index contributed by atoms with van der Waals surface area (Å²) in [4.78, 5) is 15.3. The number of rotatable bonds is 6. The lowest BCUT2D eigenvalue weighted by Crippen LogP contribution is -2.44. The normalized spacial score (nSPS) is 16.0. The van der Waals surface area contributed by atoms with Gasteiger partial charge in [0.05, 0.1) is 5.75 Å². The minimum absolute atomic E-state index is 0.0452. The van der Waals surface area contributed by atoms with Crippen LogP contribution in [0.1, 0.15) is 34.5 Å². The highest BCUT2D eigenvalue weighted by Crippen LogP contribution is 2.28. The zero-order chi connectivity index (χ0) is 21.1. The number of carbonyl (C=O) groups is 1. The number of sulfone groups is 1. The van der Waals surface area contributed by atoms with Crippen LogP contribution in [0.4, 0.5) is 0 Å². The van der Waals surface area contributed by atoms with E-state index in [1.807, 2.05) is 24.3 Å². The predicted octanol–water partition coefficient (Wildman–Crippen LogP) is 3.37. The number of nitrogens with one attached hydrogen (secondary N) is 1. The Morgan fingerprint density at radius 2 is 1.73 bits per heavy atom. The van der Waals surface area contributed by atoms with Crippen molar-refractivity contribution in [1.29, 1.82) is 0 Å². The molecule has 2 heterocycles. The van der Waals surface area contributed by atoms with E-state index in [0.29, 0.717) is 16.5 Å². The van der Waals surface area contributed by atoms with Gasteiger partial charge in [-0.05, 0) is 24.5 Å². The SMILES string of the molecule is CS(=O)(=O)Cc1c(C(=O)NC2CCN(Cc3ccccc3)CC2)oc2ccccc12. The van der Waals surface area contributed by atoms with E-state index in [9.17, 15) is 13.2 Å². The maximum atomic E-state index is 12.9. The van der Waals surface area contributed by atoms with Crippen molar-refractivity contribution in [1.82, 2.24) is 10.2 Å². The van der Waals surface area contributed by atoms with Gasteiger partial charge in [-0.25, -0.2) is 8.42 Å². The van der Waals surface area contributed by atoms with Gasteiger partial charge in [0.1, 0.15) is 5.58 Å². The summed E-state index contributed by atoms with van der Waals surface area (Å²) in [6, 6.07) is 17.6. The summed E-state index contributed by atoms with van der Waals surface area (Å²) in [5.41, 5.74) is 2.25. The molecular formula is C23H26N2O4S. The second kappa shape index (κ2) is 8.62. The van der Waals surface area contributed by atoms with Crippen LogP contribution in [0.2, 0.25) is 0 Å². The van der Waals surface area contributed by atoms with Crippen LogP contribution < -0.4 is 5.32 Å². The third-order valence-electron chi connectivity index (χ3n) is 5.48. The number of hydrogen-bond donors (Lipinski definition) is 1. The molecule has 1 N–H and O–H groups in total. The second-order valence-corrected chi connectivity index (χ2v) is 10.1. The molecule has 0 unspecified atom stereocenters. The number of likely N-dealkylation sites (tertiary alicyclic amines) is 1. The van der Waals surface area contributed by atoms with Crippen LogP contribution >= 0.6 is 0 Å². The highest BCUT2D eigenvalue weighted by Gasteiger charge is 2.26. The van der Waals surface area contributed by atoms with Crippen LogP contribution in [0, 0.1) is 0 Å². The van der Waals surface area contributed by atoms with Crippen LogP contribution in [-0.2, 0) is 22.1 Å². The minimum Gasteiger partial charge on any atom is -0.451 e. The van der Waals surface area contributed by atoms with Gasteiger partial charge < -0.3 is 9.73 Å². The summed E-state index contributed by atoms with van der Waals surface area (Å²) in [5, 5.41) is 3.72. The summed E-state index contributed by atoms with van der Waals surface area (Å²) < 4.78 is 29.6. The number of nitrogens with zero attached hydrogens (tertiary/aromatic N) is 1. The molecule has 30 heavy (non-hydrogen) atoms. The van der Waals surface area contributed by atoms with Gasteiger partial charge in [-0.1, -0.05) is 48.5 Å². The summed E-state index contributed by atoms with van der Waals surface area (Å²) >= 11 is 0. The van der Waals surface area contributed by atoms with Gasteiger partial charge in [-0.3, -0.25) is 9.69 Å². The lowest BCUT2D eigenvalue weighted by molar-refractivity contribution is 0.0882. The van der Waals surface area contributed by atoms with Gasteiger partial charge in [-0.2, -0.15) is 0 Å². The molecule has 0 bridgehead atoms. The van der Waals surface area contributed by atoms with Crippen LogP contribution in [0.3, 0.4) is 0 Å². The quantitative estimate of drug-likeness (QED) is 0.654. The number of benzene rings is 2. The van der Waals surface area contributed by atoms with Gasteiger partial charge in [0.15, 0.2) is 15.6 Å². The van der Waals surface area contributed by atoms with Gasteiger partial charge in [0.2, 0.25) is 0 Å². The number of piperidine rings is 1. The molecule has 0 aliphatic carbocycles. The highest BCUT2D eigenvalue weighted by atomic mass is 32.2. The fraction of sp³-hybridized carbons (Fsp3) is 0.348. The lowest BCUT2D eigenvalue weighted by Gasteiger charge is -2.32. The largest absolute Gasteiger partial charge is 0.451 e. The van der Waals surface area contributed by atoms with Gasteiger partial charge >= 0.3 is 0 Å². The van der Waals surface area contributed by atoms with Crippen molar-refractivity contribution in [3.8, 4) is 0 Å². The molecule has 1 fully saturated rings. The summed E-state index contributed by atoms with van der Waals surface area (Å²) in [6.07, 6.45) is 2.86. The van der Waals surface area contributed by atoms with Crippen LogP contribution in [0.15, 0.2) is 59.0 Å². The van der Waals surface area contributed by atoms with Crippen LogP contribution in [0.5, 0.6) is 0 Å². The van der Waals surface area contributed by atoms with Gasteiger partial charge in [0, 0.05) is 42.9 Å². The molecule has 6 nitrogen and oxygen atoms in total. The lowest BCUT2D eigenvalue weighted by atomic mass is 10.0. The molecule has 0 saturated carbocycles. The Morgan fingerprint density at radius 1 is 1.07 bits per heavy atom. The molecule has 3 aromatic rings. The zero-order valence-corrected chi connectivity index (χ0v) is 17.8. The zero-order valence-electron chi connectivity index (χ0n) is 17.0. The molecule has 1 aliphatic heterocycles. The Morgan fingerprint density at radius 3 is 2.43 bits per heavy atom. The van der Waals surface area contributed by atoms with E-state index in [2.05, 4.69) is 22.3 Å². The van der Waals surface area contributed by atoms with E-state index in [1.165, 1.54) is 11.8 Å². The topological polar surface area (TPSA) is 79.6 Å². The molecule has 158 valence electrons. The molecule has 1 amide bonds. The molecular weight excluding hydrogens is 400 g/mol. The average molecular weight is 427 g/mol. The molecule has 0 spiro atoms. The first-order valence-electron chi connectivity index (χ1n) is 10.1. The van der Waals surface area contributed by atoms with E-state index in [1.54, 1.807) is 18.2 Å². The minimum atomic E-state index is -3.31. The number of fused-ring (bicyclic) bond motifs is 1. The summed E-state index contributed by atoms with van der Waals surface area (Å²) in [5.74, 6) is -0.456. The molecule has 0 radical (unpaired) electrons. The fourth-order valence-electron chi connectivity index (χ4n) is 4.02. The van der Waals surface area contributed by atoms with Crippen molar-refractivity contribution in [2.45, 2.75) is 31.2 Å². The van der Waals surface area contributed by atoms with Crippen molar-refractivity contribution in [3.63, 3.8) is 0 Å². The van der Waals surface area contributed by atoms with Crippen molar-refractivity contribution >= 4 is 26.7 Å². The molecule has 4 rings (SSSR count). The molecule has 1 aromatic heterocycles. The van der Waals surface area contributed by atoms with Crippen LogP contribution in [0.25, 0.3) is 11.0 Å². The van der Waals surface area contributed by atoms with Gasteiger partial charge in [-0.15, -0.1) is 0 Å². The Balaban J connectivity index is 1.43. The van der Waals surface area contributed by atoms with Crippen molar-refractivity contribution in [2.75, 3.05) is 19.3 Å². The Hall–Kier alpha value is -2.64. The fourth-order valence-corrected chi connectivity index (χ4v) is 4.83. The first-order valence-corrected chi connectivity index (χ1v) is 12.2. The first-order chi connectivity index (χ1) is 14.4. The smallest absolute Gasteiger partial charge is 0.287 e. The second-order valence-electron chi connectivity index (χ2n) is 7.99. The highest BCUT2D eigenvalue weighted by molar-refractivity contribution is 7.89. The first kappa shape index (κ1) is 20.6. The third kappa shape index (κ3) is 4.91. The molecule has 1 saturated heterocycles. The number of carbonyl (C=O) groups excluding carboxylic acids is 1. The summed E-state index contributed by atoms with van der Waals surface area (Å²) in [6.45, 7) is 2.70. The molecule has 0 atom stereocenters. The maximum Gasteiger partial charge on any atom is 0.287 e.